The number of hydrogen-bond donors (Lipinski definition) is 0. The van der Waals surface area contributed by atoms with Gasteiger partial charge in [0, 0.05) is 37.8 Å². The van der Waals surface area contributed by atoms with Gasteiger partial charge in [0.05, 0.1) is 4.90 Å². The van der Waals surface area contributed by atoms with E-state index in [4.69, 9.17) is 4.42 Å². The highest BCUT2D eigenvalue weighted by Gasteiger charge is 2.30. The Morgan fingerprint density at radius 2 is 1.73 bits per heavy atom. The Labute approximate surface area is 150 Å². The number of carbonyl (C=O) groups excluding carboxylic acids is 1. The van der Waals surface area contributed by atoms with Crippen molar-refractivity contribution in [2.75, 3.05) is 26.2 Å². The van der Waals surface area contributed by atoms with Crippen LogP contribution in [0.25, 0.3) is 11.1 Å². The molecule has 0 N–H and O–H groups in total. The van der Waals surface area contributed by atoms with Crippen molar-refractivity contribution in [3.63, 3.8) is 0 Å². The van der Waals surface area contributed by atoms with Gasteiger partial charge in [0.15, 0.2) is 12.0 Å². The van der Waals surface area contributed by atoms with Crippen LogP contribution in [0.3, 0.4) is 0 Å². The van der Waals surface area contributed by atoms with E-state index in [1.54, 1.807) is 23.1 Å². The Balaban J connectivity index is 1.49. The molecule has 2 heterocycles. The number of amides is 1. The number of carbonyl (C=O) groups is 1. The summed E-state index contributed by atoms with van der Waals surface area (Å²) in [5, 5.41) is 0. The molecule has 0 spiro atoms. The predicted octanol–water partition coefficient (Wildman–Crippen LogP) is 1.97. The molecule has 7 nitrogen and oxygen atoms in total. The van der Waals surface area contributed by atoms with E-state index in [0.29, 0.717) is 29.8 Å². The monoisotopic (exact) mass is 371 g/mol. The second-order valence-corrected chi connectivity index (χ2v) is 7.98. The van der Waals surface area contributed by atoms with Crippen molar-refractivity contribution in [2.45, 2.75) is 4.90 Å². The molecule has 3 aromatic rings. The number of nitrogens with zero attached hydrogens (tertiary/aromatic N) is 3. The molecule has 1 aliphatic heterocycles. The van der Waals surface area contributed by atoms with Crippen molar-refractivity contribution < 1.29 is 17.6 Å². The van der Waals surface area contributed by atoms with Crippen LogP contribution in [0.4, 0.5) is 0 Å². The third kappa shape index (κ3) is 2.97. The summed E-state index contributed by atoms with van der Waals surface area (Å²) < 4.78 is 32.3. The zero-order valence-electron chi connectivity index (χ0n) is 13.9. The van der Waals surface area contributed by atoms with Crippen LogP contribution < -0.4 is 0 Å². The van der Waals surface area contributed by atoms with Gasteiger partial charge in [-0.15, -0.1) is 0 Å². The van der Waals surface area contributed by atoms with E-state index in [1.807, 2.05) is 18.2 Å². The molecule has 1 saturated heterocycles. The minimum atomic E-state index is -3.64. The van der Waals surface area contributed by atoms with Crippen LogP contribution in [0.2, 0.25) is 0 Å². The van der Waals surface area contributed by atoms with Gasteiger partial charge in [-0.05, 0) is 24.3 Å². The van der Waals surface area contributed by atoms with E-state index in [2.05, 4.69) is 4.98 Å². The number of fused-ring (bicyclic) bond motifs is 1. The number of piperazine rings is 1. The van der Waals surface area contributed by atoms with Gasteiger partial charge in [0.2, 0.25) is 10.0 Å². The molecule has 134 valence electrons. The first-order chi connectivity index (χ1) is 12.6. The van der Waals surface area contributed by atoms with E-state index in [1.165, 1.54) is 22.8 Å². The molecule has 1 aromatic heterocycles. The predicted molar refractivity (Wildman–Crippen MR) is 95.1 cm³/mol. The molecule has 26 heavy (non-hydrogen) atoms. The summed E-state index contributed by atoms with van der Waals surface area (Å²) in [5.74, 6) is -0.0780. The molecule has 8 heteroatoms. The average Bonchev–Trinajstić information content (AvgIpc) is 3.16. The zero-order valence-corrected chi connectivity index (χ0v) is 14.7. The number of aromatic nitrogens is 1. The molecule has 0 atom stereocenters. The van der Waals surface area contributed by atoms with Crippen LogP contribution in [0.15, 0.2) is 64.2 Å². The maximum Gasteiger partial charge on any atom is 0.253 e. The molecule has 0 radical (unpaired) electrons. The average molecular weight is 371 g/mol. The smallest absolute Gasteiger partial charge is 0.253 e. The summed E-state index contributed by atoms with van der Waals surface area (Å²) in [5.41, 5.74) is 1.66. The van der Waals surface area contributed by atoms with Gasteiger partial charge in [0.25, 0.3) is 5.91 Å². The topological polar surface area (TPSA) is 83.7 Å². The lowest BCUT2D eigenvalue weighted by atomic mass is 10.2. The summed E-state index contributed by atoms with van der Waals surface area (Å²) in [4.78, 5) is 18.3. The maximum absolute atomic E-state index is 12.9. The maximum atomic E-state index is 12.9. The Morgan fingerprint density at radius 1 is 1.00 bits per heavy atom. The summed E-state index contributed by atoms with van der Waals surface area (Å²) in [6, 6.07) is 13.6. The lowest BCUT2D eigenvalue weighted by Gasteiger charge is -2.34. The SMILES string of the molecule is O=C(c1ccccc1)N1CCN(S(=O)(=O)c2ccc3ncoc3c2)CC1. The first-order valence-corrected chi connectivity index (χ1v) is 9.67. The van der Waals surface area contributed by atoms with E-state index < -0.39 is 10.0 Å². The van der Waals surface area contributed by atoms with Crippen LogP contribution in [0, 0.1) is 0 Å². The van der Waals surface area contributed by atoms with Crippen molar-refractivity contribution in [1.82, 2.24) is 14.2 Å². The second-order valence-electron chi connectivity index (χ2n) is 6.04. The standard InChI is InChI=1S/C18H17N3O4S/c22-18(14-4-2-1-3-5-14)20-8-10-21(11-9-20)26(23,24)15-6-7-16-17(12-15)25-13-19-16/h1-7,12-13H,8-11H2. The van der Waals surface area contributed by atoms with E-state index in [9.17, 15) is 13.2 Å². The molecular formula is C18H17N3O4S. The van der Waals surface area contributed by atoms with Crippen LogP contribution in [0.5, 0.6) is 0 Å². The van der Waals surface area contributed by atoms with Crippen molar-refractivity contribution in [3.05, 3.63) is 60.5 Å². The summed E-state index contributed by atoms with van der Waals surface area (Å²) in [7, 11) is -3.64. The highest BCUT2D eigenvalue weighted by atomic mass is 32.2. The van der Waals surface area contributed by atoms with Gasteiger partial charge in [-0.1, -0.05) is 18.2 Å². The molecule has 0 bridgehead atoms. The lowest BCUT2D eigenvalue weighted by Crippen LogP contribution is -2.50. The van der Waals surface area contributed by atoms with Gasteiger partial charge < -0.3 is 9.32 Å². The molecule has 1 aliphatic rings. The minimum absolute atomic E-state index is 0.0780. The van der Waals surface area contributed by atoms with Crippen LogP contribution in [-0.4, -0.2) is 54.7 Å². The number of hydrogen-bond acceptors (Lipinski definition) is 5. The summed E-state index contributed by atoms with van der Waals surface area (Å²) in [6.45, 7) is 1.24. The molecule has 4 rings (SSSR count). The molecule has 0 aliphatic carbocycles. The molecular weight excluding hydrogens is 354 g/mol. The molecule has 2 aromatic carbocycles. The Bertz CT molecular complexity index is 1040. The van der Waals surface area contributed by atoms with E-state index in [-0.39, 0.29) is 23.9 Å². The van der Waals surface area contributed by atoms with Gasteiger partial charge >= 0.3 is 0 Å². The number of oxazole rings is 1. The quantitative estimate of drug-likeness (QED) is 0.703. The Hall–Kier alpha value is -2.71. The van der Waals surface area contributed by atoms with Crippen LogP contribution in [-0.2, 0) is 10.0 Å². The summed E-state index contributed by atoms with van der Waals surface area (Å²) in [6.07, 6.45) is 1.29. The minimum Gasteiger partial charge on any atom is -0.443 e. The van der Waals surface area contributed by atoms with Crippen LogP contribution >= 0.6 is 0 Å². The van der Waals surface area contributed by atoms with Crippen molar-refractivity contribution in [2.24, 2.45) is 0 Å². The van der Waals surface area contributed by atoms with Crippen molar-refractivity contribution in [3.8, 4) is 0 Å². The number of benzene rings is 2. The first kappa shape index (κ1) is 16.7. The number of rotatable bonds is 3. The fourth-order valence-electron chi connectivity index (χ4n) is 3.04. The van der Waals surface area contributed by atoms with Gasteiger partial charge in [0.1, 0.15) is 5.52 Å². The Morgan fingerprint density at radius 3 is 2.46 bits per heavy atom. The van der Waals surface area contributed by atoms with Crippen molar-refractivity contribution in [1.29, 1.82) is 0 Å². The van der Waals surface area contributed by atoms with Crippen LogP contribution in [0.1, 0.15) is 10.4 Å². The fourth-order valence-corrected chi connectivity index (χ4v) is 4.48. The molecule has 1 fully saturated rings. The zero-order chi connectivity index (χ0) is 18.1. The Kier molecular flexibility index (Phi) is 4.21. The van der Waals surface area contributed by atoms with E-state index in [0.717, 1.165) is 0 Å². The van der Waals surface area contributed by atoms with Gasteiger partial charge in [-0.25, -0.2) is 13.4 Å². The van der Waals surface area contributed by atoms with Gasteiger partial charge in [-0.3, -0.25) is 4.79 Å². The third-order valence-corrected chi connectivity index (χ3v) is 6.38. The molecule has 0 unspecified atom stereocenters. The fraction of sp³-hybridized carbons (Fsp3) is 0.222. The van der Waals surface area contributed by atoms with Gasteiger partial charge in [-0.2, -0.15) is 4.31 Å². The summed E-state index contributed by atoms with van der Waals surface area (Å²) >= 11 is 0. The highest BCUT2D eigenvalue weighted by molar-refractivity contribution is 7.89. The normalized spacial score (nSPS) is 16.1. The second kappa shape index (κ2) is 6.54. The largest absolute Gasteiger partial charge is 0.443 e. The lowest BCUT2D eigenvalue weighted by molar-refractivity contribution is 0.0698. The molecule has 0 saturated carbocycles. The number of sulfonamides is 1. The van der Waals surface area contributed by atoms with E-state index >= 15 is 0 Å². The van der Waals surface area contributed by atoms with Crippen molar-refractivity contribution >= 4 is 27.0 Å². The first-order valence-electron chi connectivity index (χ1n) is 8.23. The third-order valence-electron chi connectivity index (χ3n) is 4.49. The molecule has 1 amide bonds. The highest BCUT2D eigenvalue weighted by Crippen LogP contribution is 2.22.